The number of esters is 1. The molecule has 1 aliphatic rings. The van der Waals surface area contributed by atoms with Gasteiger partial charge in [0.25, 0.3) is 0 Å². The number of benzene rings is 1. The highest BCUT2D eigenvalue weighted by Crippen LogP contribution is 2.37. The monoisotopic (exact) mass is 379 g/mol. The molecule has 0 amide bonds. The van der Waals surface area contributed by atoms with Crippen LogP contribution in [0, 0.1) is 27.7 Å². The summed E-state index contributed by atoms with van der Waals surface area (Å²) in [7, 11) is 0. The van der Waals surface area contributed by atoms with Crippen molar-refractivity contribution in [2.75, 3.05) is 0 Å². The Labute approximate surface area is 165 Å². The second-order valence-corrected chi connectivity index (χ2v) is 8.71. The maximum atomic E-state index is 12.8. The highest BCUT2D eigenvalue weighted by molar-refractivity contribution is 7.12. The minimum absolute atomic E-state index is 0.322. The summed E-state index contributed by atoms with van der Waals surface area (Å²) in [6.07, 6.45) is 0. The van der Waals surface area contributed by atoms with Crippen LogP contribution in [0.15, 0.2) is 46.0 Å². The van der Waals surface area contributed by atoms with Gasteiger partial charge in [0.15, 0.2) is 0 Å². The van der Waals surface area contributed by atoms with Gasteiger partial charge in [-0.2, -0.15) is 0 Å². The molecule has 0 saturated carbocycles. The van der Waals surface area contributed by atoms with Gasteiger partial charge in [0.05, 0.1) is 16.8 Å². The molecule has 27 heavy (non-hydrogen) atoms. The lowest BCUT2D eigenvalue weighted by Crippen LogP contribution is -2.00. The molecule has 0 atom stereocenters. The number of allylic oxidation sites excluding steroid dienone is 2. The predicted molar refractivity (Wildman–Crippen MR) is 114 cm³/mol. The van der Waals surface area contributed by atoms with Crippen LogP contribution in [0.4, 0.5) is 5.69 Å². The molecule has 1 aromatic carbocycles. The lowest BCUT2D eigenvalue weighted by molar-refractivity contribution is -0.129. The molecule has 0 unspecified atom stereocenters. The number of para-hydroxylation sites is 1. The number of ether oxygens (including phenoxy) is 1. The van der Waals surface area contributed by atoms with Gasteiger partial charge >= 0.3 is 5.97 Å². The van der Waals surface area contributed by atoms with E-state index in [0.29, 0.717) is 11.5 Å². The van der Waals surface area contributed by atoms with Crippen molar-refractivity contribution >= 4 is 34.5 Å². The summed E-state index contributed by atoms with van der Waals surface area (Å²) >= 11 is 1.74. The number of hydrogen-bond acceptors (Lipinski definition) is 4. The van der Waals surface area contributed by atoms with E-state index in [9.17, 15) is 4.79 Å². The van der Waals surface area contributed by atoms with Crippen LogP contribution in [0.3, 0.4) is 0 Å². The normalized spacial score (nSPS) is 17.5. The lowest BCUT2D eigenvalue weighted by atomic mass is 9.94. The Balaban J connectivity index is 2.21. The zero-order valence-electron chi connectivity index (χ0n) is 17.0. The van der Waals surface area contributed by atoms with Crippen molar-refractivity contribution in [3.05, 3.63) is 67.4 Å². The molecule has 0 bridgehead atoms. The Hall–Kier alpha value is -2.46. The summed E-state index contributed by atoms with van der Waals surface area (Å²) in [5.74, 6) is 0.0771. The summed E-state index contributed by atoms with van der Waals surface area (Å²) < 4.78 is 5.65. The number of cyclic esters (lactones) is 1. The molecule has 2 aromatic rings. The molecule has 1 fully saturated rings. The Bertz CT molecular complexity index is 1010. The summed E-state index contributed by atoms with van der Waals surface area (Å²) in [6, 6.07) is 8.18. The van der Waals surface area contributed by atoms with Gasteiger partial charge in [-0.05, 0) is 76.8 Å². The number of hydrogen-bond donors (Lipinski definition) is 0. The van der Waals surface area contributed by atoms with Gasteiger partial charge < -0.3 is 4.74 Å². The highest BCUT2D eigenvalue weighted by Gasteiger charge is 2.35. The SMILES string of the molecule is CC(C)=C1C(=Nc2c(C)cccc2C)OC(=O)C1=C(C)c1cc(C)sc1C. The third kappa shape index (κ3) is 3.54. The van der Waals surface area contributed by atoms with Gasteiger partial charge in [-0.1, -0.05) is 23.8 Å². The first-order chi connectivity index (χ1) is 12.7. The van der Waals surface area contributed by atoms with Crippen LogP contribution in [0.1, 0.15) is 47.2 Å². The lowest BCUT2D eigenvalue weighted by Gasteiger charge is -2.08. The van der Waals surface area contributed by atoms with Crippen LogP contribution in [-0.4, -0.2) is 11.9 Å². The molecule has 1 saturated heterocycles. The molecule has 1 aromatic heterocycles. The first-order valence-corrected chi connectivity index (χ1v) is 9.86. The molecule has 0 radical (unpaired) electrons. The summed E-state index contributed by atoms with van der Waals surface area (Å²) in [5.41, 5.74) is 7.49. The molecular formula is C23H25NO2S. The highest BCUT2D eigenvalue weighted by atomic mass is 32.1. The van der Waals surface area contributed by atoms with Gasteiger partial charge in [-0.15, -0.1) is 11.3 Å². The van der Waals surface area contributed by atoms with E-state index in [2.05, 4.69) is 19.9 Å². The van der Waals surface area contributed by atoms with Crippen LogP contribution in [-0.2, 0) is 9.53 Å². The molecule has 0 N–H and O–H groups in total. The largest absolute Gasteiger partial charge is 0.403 e. The average Bonchev–Trinajstić information content (AvgIpc) is 3.09. The second-order valence-electron chi connectivity index (χ2n) is 7.25. The Morgan fingerprint density at radius 1 is 1.00 bits per heavy atom. The maximum absolute atomic E-state index is 12.8. The van der Waals surface area contributed by atoms with E-state index in [1.54, 1.807) is 11.3 Å². The van der Waals surface area contributed by atoms with E-state index in [4.69, 9.17) is 9.73 Å². The van der Waals surface area contributed by atoms with Crippen molar-refractivity contribution in [1.29, 1.82) is 0 Å². The molecule has 4 heteroatoms. The summed E-state index contributed by atoms with van der Waals surface area (Å²) in [5, 5.41) is 0. The first-order valence-electron chi connectivity index (χ1n) is 9.04. The van der Waals surface area contributed by atoms with E-state index < -0.39 is 0 Å². The van der Waals surface area contributed by atoms with Crippen molar-refractivity contribution in [3.63, 3.8) is 0 Å². The van der Waals surface area contributed by atoms with E-state index in [0.717, 1.165) is 39.1 Å². The zero-order valence-corrected chi connectivity index (χ0v) is 17.8. The van der Waals surface area contributed by atoms with Gasteiger partial charge in [0, 0.05) is 9.75 Å². The summed E-state index contributed by atoms with van der Waals surface area (Å²) in [6.45, 7) is 14.2. The number of carbonyl (C=O) groups excluding carboxylic acids is 1. The molecule has 1 aliphatic heterocycles. The first kappa shape index (κ1) is 19.3. The molecule has 140 valence electrons. The fourth-order valence-corrected chi connectivity index (χ4v) is 4.49. The number of aliphatic imine (C=N–C) groups is 1. The number of rotatable bonds is 2. The second kappa shape index (κ2) is 7.28. The number of thiophene rings is 1. The number of aryl methyl sites for hydroxylation is 4. The molecule has 2 heterocycles. The van der Waals surface area contributed by atoms with Crippen molar-refractivity contribution in [2.45, 2.75) is 48.5 Å². The van der Waals surface area contributed by atoms with Crippen molar-refractivity contribution in [1.82, 2.24) is 0 Å². The van der Waals surface area contributed by atoms with Gasteiger partial charge in [0.1, 0.15) is 0 Å². The minimum atomic E-state index is -0.322. The standard InChI is InChI=1S/C23H25NO2S/c1-12(2)19-20(16(6)18-11-15(5)27-17(18)7)23(25)26-22(19)24-21-13(3)9-8-10-14(21)4/h8-11H,1-7H3. The van der Waals surface area contributed by atoms with Crippen LogP contribution in [0.25, 0.3) is 5.57 Å². The van der Waals surface area contributed by atoms with E-state index >= 15 is 0 Å². The molecule has 3 rings (SSSR count). The van der Waals surface area contributed by atoms with Crippen LogP contribution < -0.4 is 0 Å². The fourth-order valence-electron chi connectivity index (χ4n) is 3.50. The number of nitrogens with zero attached hydrogens (tertiary/aromatic N) is 1. The average molecular weight is 380 g/mol. The van der Waals surface area contributed by atoms with Crippen LogP contribution in [0.5, 0.6) is 0 Å². The van der Waals surface area contributed by atoms with Gasteiger partial charge in [-0.25, -0.2) is 9.79 Å². The van der Waals surface area contributed by atoms with Crippen molar-refractivity contribution in [3.8, 4) is 0 Å². The van der Waals surface area contributed by atoms with Gasteiger partial charge in [-0.3, -0.25) is 0 Å². The number of carbonyl (C=O) groups is 1. The minimum Gasteiger partial charge on any atom is -0.403 e. The van der Waals surface area contributed by atoms with E-state index in [1.807, 2.05) is 52.8 Å². The third-order valence-electron chi connectivity index (χ3n) is 4.83. The topological polar surface area (TPSA) is 38.7 Å². The molecular weight excluding hydrogens is 354 g/mol. The Morgan fingerprint density at radius 2 is 1.63 bits per heavy atom. The fraction of sp³-hybridized carbons (Fsp3) is 0.304. The maximum Gasteiger partial charge on any atom is 0.345 e. The van der Waals surface area contributed by atoms with E-state index in [-0.39, 0.29) is 5.97 Å². The summed E-state index contributed by atoms with van der Waals surface area (Å²) in [4.78, 5) is 20.0. The Kier molecular flexibility index (Phi) is 5.20. The van der Waals surface area contributed by atoms with Crippen LogP contribution >= 0.6 is 11.3 Å². The Morgan fingerprint density at radius 3 is 2.15 bits per heavy atom. The third-order valence-corrected chi connectivity index (χ3v) is 5.80. The smallest absolute Gasteiger partial charge is 0.345 e. The molecule has 3 nitrogen and oxygen atoms in total. The van der Waals surface area contributed by atoms with Crippen LogP contribution in [0.2, 0.25) is 0 Å². The molecule has 0 aliphatic carbocycles. The van der Waals surface area contributed by atoms with Crippen molar-refractivity contribution < 1.29 is 9.53 Å². The predicted octanol–water partition coefficient (Wildman–Crippen LogP) is 6.38. The quantitative estimate of drug-likeness (QED) is 0.448. The molecule has 0 spiro atoms. The zero-order chi connectivity index (χ0) is 19.9. The van der Waals surface area contributed by atoms with E-state index in [1.165, 1.54) is 9.75 Å². The van der Waals surface area contributed by atoms with Crippen molar-refractivity contribution in [2.24, 2.45) is 4.99 Å². The van der Waals surface area contributed by atoms with Gasteiger partial charge in [0.2, 0.25) is 5.90 Å².